The van der Waals surface area contributed by atoms with Gasteiger partial charge >= 0.3 is 12.0 Å². The van der Waals surface area contributed by atoms with Gasteiger partial charge in [-0.2, -0.15) is 0 Å². The third kappa shape index (κ3) is 3.87. The Morgan fingerprint density at radius 3 is 2.30 bits per heavy atom. The number of aliphatic carboxylic acids is 1. The number of nitrogens with one attached hydrogen (secondary N) is 1. The fraction of sp³-hybridized carbons (Fsp3) is 0.867. The summed E-state index contributed by atoms with van der Waals surface area (Å²) >= 11 is 0. The SMILES string of the molecule is CC(CC(=O)O)NC(=O)N1CCC2(CCCCC2)CC1. The van der Waals surface area contributed by atoms with E-state index in [4.69, 9.17) is 5.11 Å². The molecular weight excluding hydrogens is 256 g/mol. The average molecular weight is 282 g/mol. The minimum Gasteiger partial charge on any atom is -0.481 e. The van der Waals surface area contributed by atoms with Gasteiger partial charge in [0.15, 0.2) is 0 Å². The summed E-state index contributed by atoms with van der Waals surface area (Å²) < 4.78 is 0. The molecule has 2 N–H and O–H groups in total. The molecule has 1 aliphatic carbocycles. The van der Waals surface area contributed by atoms with Crippen molar-refractivity contribution in [2.24, 2.45) is 5.41 Å². The molecule has 114 valence electrons. The van der Waals surface area contributed by atoms with Gasteiger partial charge in [-0.25, -0.2) is 4.79 Å². The molecule has 1 spiro atoms. The number of rotatable bonds is 3. The first-order valence-electron chi connectivity index (χ1n) is 7.78. The molecule has 20 heavy (non-hydrogen) atoms. The zero-order valence-electron chi connectivity index (χ0n) is 12.4. The number of amides is 2. The van der Waals surface area contributed by atoms with Crippen LogP contribution in [0.2, 0.25) is 0 Å². The normalized spacial score (nSPS) is 23.4. The molecule has 1 saturated carbocycles. The number of hydrogen-bond acceptors (Lipinski definition) is 2. The molecular formula is C15H26N2O3. The number of piperidine rings is 1. The molecule has 0 radical (unpaired) electrons. The van der Waals surface area contributed by atoms with Crippen LogP contribution in [0.3, 0.4) is 0 Å². The number of hydrogen-bond donors (Lipinski definition) is 2. The van der Waals surface area contributed by atoms with Gasteiger partial charge in [-0.1, -0.05) is 19.3 Å². The first-order chi connectivity index (χ1) is 9.51. The van der Waals surface area contributed by atoms with Crippen molar-refractivity contribution in [3.8, 4) is 0 Å². The molecule has 5 nitrogen and oxygen atoms in total. The zero-order valence-corrected chi connectivity index (χ0v) is 12.4. The molecule has 1 aliphatic heterocycles. The molecule has 2 amide bonds. The second-order valence-corrected chi connectivity index (χ2v) is 6.50. The van der Waals surface area contributed by atoms with Crippen LogP contribution in [0.4, 0.5) is 4.79 Å². The van der Waals surface area contributed by atoms with Crippen LogP contribution in [0.1, 0.15) is 58.3 Å². The average Bonchev–Trinajstić information content (AvgIpc) is 2.39. The van der Waals surface area contributed by atoms with Gasteiger partial charge in [0.05, 0.1) is 6.42 Å². The van der Waals surface area contributed by atoms with Crippen molar-refractivity contribution < 1.29 is 14.7 Å². The van der Waals surface area contributed by atoms with Gasteiger partial charge in [0.1, 0.15) is 0 Å². The molecule has 0 aromatic rings. The number of carbonyl (C=O) groups is 2. The third-order valence-corrected chi connectivity index (χ3v) is 4.88. The molecule has 1 unspecified atom stereocenters. The van der Waals surface area contributed by atoms with Crippen LogP contribution in [-0.2, 0) is 4.79 Å². The lowest BCUT2D eigenvalue weighted by molar-refractivity contribution is -0.137. The Labute approximate surface area is 120 Å². The van der Waals surface area contributed by atoms with Crippen molar-refractivity contribution in [3.63, 3.8) is 0 Å². The smallest absolute Gasteiger partial charge is 0.317 e. The quantitative estimate of drug-likeness (QED) is 0.836. The molecule has 0 aromatic carbocycles. The van der Waals surface area contributed by atoms with E-state index in [0.29, 0.717) is 5.41 Å². The van der Waals surface area contributed by atoms with Crippen molar-refractivity contribution in [1.29, 1.82) is 0 Å². The second-order valence-electron chi connectivity index (χ2n) is 6.50. The minimum absolute atomic E-state index is 0.0243. The largest absolute Gasteiger partial charge is 0.481 e. The summed E-state index contributed by atoms with van der Waals surface area (Å²) in [6, 6.07) is -0.421. The topological polar surface area (TPSA) is 69.6 Å². The van der Waals surface area contributed by atoms with Crippen molar-refractivity contribution >= 4 is 12.0 Å². The molecule has 2 aliphatic rings. The van der Waals surface area contributed by atoms with E-state index in [9.17, 15) is 9.59 Å². The van der Waals surface area contributed by atoms with E-state index < -0.39 is 5.97 Å². The van der Waals surface area contributed by atoms with E-state index in [1.807, 2.05) is 4.90 Å². The first-order valence-corrected chi connectivity index (χ1v) is 7.78. The van der Waals surface area contributed by atoms with Gasteiger partial charge in [0.25, 0.3) is 0 Å². The Balaban J connectivity index is 1.78. The standard InChI is InChI=1S/C15H26N2O3/c1-12(11-13(18)19)16-14(20)17-9-7-15(8-10-17)5-3-2-4-6-15/h12H,2-11H2,1H3,(H,16,20)(H,18,19). The van der Waals surface area contributed by atoms with E-state index in [2.05, 4.69) is 5.32 Å². The van der Waals surface area contributed by atoms with Gasteiger partial charge in [-0.3, -0.25) is 4.79 Å². The summed E-state index contributed by atoms with van der Waals surface area (Å²) in [5, 5.41) is 11.5. The Morgan fingerprint density at radius 2 is 1.75 bits per heavy atom. The van der Waals surface area contributed by atoms with E-state index in [-0.39, 0.29) is 18.5 Å². The molecule has 0 bridgehead atoms. The van der Waals surface area contributed by atoms with E-state index in [1.54, 1.807) is 6.92 Å². The molecule has 0 aromatic heterocycles. The molecule has 5 heteroatoms. The van der Waals surface area contributed by atoms with Crippen LogP contribution in [0, 0.1) is 5.41 Å². The highest BCUT2D eigenvalue weighted by Crippen LogP contribution is 2.44. The highest BCUT2D eigenvalue weighted by atomic mass is 16.4. The van der Waals surface area contributed by atoms with Gasteiger partial charge < -0.3 is 15.3 Å². The Kier molecular flexibility index (Phi) is 4.89. The van der Waals surface area contributed by atoms with E-state index in [0.717, 1.165) is 25.9 Å². The molecule has 2 rings (SSSR count). The third-order valence-electron chi connectivity index (χ3n) is 4.88. The van der Waals surface area contributed by atoms with Crippen LogP contribution in [0.25, 0.3) is 0 Å². The Morgan fingerprint density at radius 1 is 1.15 bits per heavy atom. The zero-order chi connectivity index (χ0) is 14.6. The number of carboxylic acids is 1. The van der Waals surface area contributed by atoms with Gasteiger partial charge in [0.2, 0.25) is 0 Å². The lowest BCUT2D eigenvalue weighted by atomic mass is 9.68. The van der Waals surface area contributed by atoms with E-state index >= 15 is 0 Å². The number of likely N-dealkylation sites (tertiary alicyclic amines) is 1. The Hall–Kier alpha value is -1.26. The van der Waals surface area contributed by atoms with Gasteiger partial charge in [0, 0.05) is 19.1 Å². The van der Waals surface area contributed by atoms with Crippen molar-refractivity contribution in [1.82, 2.24) is 10.2 Å². The van der Waals surface area contributed by atoms with Crippen molar-refractivity contribution in [2.45, 2.75) is 64.3 Å². The van der Waals surface area contributed by atoms with Gasteiger partial charge in [-0.15, -0.1) is 0 Å². The second kappa shape index (κ2) is 6.46. The number of carbonyl (C=O) groups excluding carboxylic acids is 1. The summed E-state index contributed by atoms with van der Waals surface area (Å²) in [7, 11) is 0. The van der Waals surface area contributed by atoms with Crippen LogP contribution in [-0.4, -0.2) is 41.1 Å². The van der Waals surface area contributed by atoms with E-state index in [1.165, 1.54) is 32.1 Å². The fourth-order valence-electron chi connectivity index (χ4n) is 3.60. The summed E-state index contributed by atoms with van der Waals surface area (Å²) in [6.45, 7) is 3.36. The number of carboxylic acid groups (broad SMARTS) is 1. The highest BCUT2D eigenvalue weighted by molar-refractivity contribution is 5.76. The predicted octanol–water partition coefficient (Wildman–Crippen LogP) is 2.61. The minimum atomic E-state index is -0.877. The molecule has 1 saturated heterocycles. The summed E-state index contributed by atoms with van der Waals surface area (Å²) in [5.41, 5.74) is 0.488. The molecule has 1 atom stereocenters. The summed E-state index contributed by atoms with van der Waals surface area (Å²) in [5.74, 6) is -0.877. The van der Waals surface area contributed by atoms with Crippen LogP contribution in [0.5, 0.6) is 0 Å². The van der Waals surface area contributed by atoms with Gasteiger partial charge in [-0.05, 0) is 38.0 Å². The van der Waals surface area contributed by atoms with Crippen LogP contribution in [0.15, 0.2) is 0 Å². The monoisotopic (exact) mass is 282 g/mol. The van der Waals surface area contributed by atoms with Crippen LogP contribution >= 0.6 is 0 Å². The first kappa shape index (κ1) is 15.1. The molecule has 1 heterocycles. The lowest BCUT2D eigenvalue weighted by Crippen LogP contribution is -2.50. The lowest BCUT2D eigenvalue weighted by Gasteiger charge is -2.44. The Bertz CT molecular complexity index is 354. The van der Waals surface area contributed by atoms with Crippen LogP contribution < -0.4 is 5.32 Å². The highest BCUT2D eigenvalue weighted by Gasteiger charge is 2.36. The number of urea groups is 1. The maximum absolute atomic E-state index is 12.1. The summed E-state index contributed by atoms with van der Waals surface area (Å²) in [4.78, 5) is 24.5. The number of nitrogens with zero attached hydrogens (tertiary/aromatic N) is 1. The van der Waals surface area contributed by atoms with Crippen molar-refractivity contribution in [3.05, 3.63) is 0 Å². The maximum atomic E-state index is 12.1. The van der Waals surface area contributed by atoms with Crippen molar-refractivity contribution in [2.75, 3.05) is 13.1 Å². The summed E-state index contributed by atoms with van der Waals surface area (Å²) in [6.07, 6.45) is 8.85. The fourth-order valence-corrected chi connectivity index (χ4v) is 3.60. The maximum Gasteiger partial charge on any atom is 0.317 e. The molecule has 2 fully saturated rings. The predicted molar refractivity (Wildman–Crippen MR) is 76.6 cm³/mol.